The van der Waals surface area contributed by atoms with Crippen molar-refractivity contribution >= 4 is 23.4 Å². The van der Waals surface area contributed by atoms with Crippen LogP contribution >= 0.6 is 0 Å². The van der Waals surface area contributed by atoms with Crippen LogP contribution in [0.25, 0.3) is 5.69 Å². The molecule has 0 unspecified atom stereocenters. The van der Waals surface area contributed by atoms with Gasteiger partial charge in [0.1, 0.15) is 12.4 Å². The van der Waals surface area contributed by atoms with E-state index < -0.39 is 24.1 Å². The number of nitrogens with zero attached hydrogens (tertiary/aromatic N) is 2. The van der Waals surface area contributed by atoms with Crippen LogP contribution < -0.4 is 0 Å². The minimum atomic E-state index is -0.680. The van der Waals surface area contributed by atoms with Gasteiger partial charge in [-0.1, -0.05) is 0 Å². The van der Waals surface area contributed by atoms with E-state index in [-0.39, 0.29) is 29.2 Å². The van der Waals surface area contributed by atoms with Crippen molar-refractivity contribution < 1.29 is 29.0 Å². The molecule has 32 heavy (non-hydrogen) atoms. The second kappa shape index (κ2) is 10.5. The second-order valence-electron chi connectivity index (χ2n) is 7.26. The van der Waals surface area contributed by atoms with Crippen molar-refractivity contribution in [2.24, 2.45) is 0 Å². The molecule has 170 valence electrons. The van der Waals surface area contributed by atoms with Crippen molar-refractivity contribution in [3.8, 4) is 5.69 Å². The molecule has 2 N–H and O–H groups in total. The lowest BCUT2D eigenvalue weighted by Crippen LogP contribution is -2.15. The summed E-state index contributed by atoms with van der Waals surface area (Å²) in [5, 5.41) is 22.1. The molecule has 0 amide bonds. The number of carbonyl (C=O) groups is 3. The first-order chi connectivity index (χ1) is 15.1. The molecule has 0 aliphatic rings. The average Bonchev–Trinajstić information content (AvgIpc) is 3.03. The van der Waals surface area contributed by atoms with E-state index in [1.807, 2.05) is 13.8 Å². The number of methoxy groups -OCH3 is 1. The molecular weight excluding hydrogens is 414 g/mol. The maximum atomic E-state index is 12.3. The predicted molar refractivity (Wildman–Crippen MR) is 117 cm³/mol. The highest BCUT2D eigenvalue weighted by Gasteiger charge is 2.17. The van der Waals surface area contributed by atoms with E-state index >= 15 is 0 Å². The fourth-order valence-electron chi connectivity index (χ4n) is 3.33. The fraction of sp³-hybridized carbons (Fsp3) is 0.348. The number of aromatic nitrogens is 2. The summed E-state index contributed by atoms with van der Waals surface area (Å²) < 4.78 is 11.5. The molecule has 0 atom stereocenters. The minimum Gasteiger partial charge on any atom is -0.508 e. The van der Waals surface area contributed by atoms with Gasteiger partial charge in [0.2, 0.25) is 0 Å². The molecule has 0 fully saturated rings. The third-order valence-corrected chi connectivity index (χ3v) is 4.95. The van der Waals surface area contributed by atoms with Crippen molar-refractivity contribution in [2.75, 3.05) is 13.7 Å². The third kappa shape index (κ3) is 5.69. The Balaban J connectivity index is 2.14. The van der Waals surface area contributed by atoms with E-state index in [1.165, 1.54) is 21.0 Å². The van der Waals surface area contributed by atoms with E-state index in [1.54, 1.807) is 28.9 Å². The van der Waals surface area contributed by atoms with Crippen molar-refractivity contribution in [2.45, 2.75) is 40.5 Å². The van der Waals surface area contributed by atoms with E-state index in [2.05, 4.69) is 5.10 Å². The standard InChI is InChI=1S/C23H27N3O6/c1-13(24)22(16(4)27)20(28)12-32-23(30)17-6-8-18(9-7-17)26-15(3)19(14(2)25-26)10-11-21(29)31-5/h6-9,24,28H,10-12H2,1-5H3/b22-20-,24-13?. The van der Waals surface area contributed by atoms with Crippen LogP contribution in [0, 0.1) is 19.3 Å². The molecule has 0 aliphatic heterocycles. The number of benzene rings is 1. The number of nitrogens with one attached hydrogen (secondary N) is 1. The number of aliphatic hydroxyl groups is 1. The summed E-state index contributed by atoms with van der Waals surface area (Å²) in [6.45, 7) is 5.86. The van der Waals surface area contributed by atoms with Crippen molar-refractivity contribution in [3.05, 3.63) is 58.1 Å². The van der Waals surface area contributed by atoms with Crippen LogP contribution in [0.5, 0.6) is 0 Å². The van der Waals surface area contributed by atoms with Crippen LogP contribution in [0.3, 0.4) is 0 Å². The first-order valence-corrected chi connectivity index (χ1v) is 9.94. The summed E-state index contributed by atoms with van der Waals surface area (Å²) in [4.78, 5) is 35.3. The number of aryl methyl sites for hydroxylation is 1. The van der Waals surface area contributed by atoms with Crippen molar-refractivity contribution in [3.63, 3.8) is 0 Å². The Labute approximate surface area is 186 Å². The lowest BCUT2D eigenvalue weighted by molar-refractivity contribution is -0.140. The molecule has 2 aromatic rings. The Hall–Kier alpha value is -3.75. The maximum Gasteiger partial charge on any atom is 0.338 e. The number of hydrogen-bond donors (Lipinski definition) is 2. The molecule has 0 saturated heterocycles. The van der Waals surface area contributed by atoms with Crippen LogP contribution in [0.1, 0.15) is 47.6 Å². The van der Waals surface area contributed by atoms with Crippen LogP contribution in [-0.4, -0.2) is 52.0 Å². The topological polar surface area (TPSA) is 132 Å². The number of esters is 2. The number of ether oxygens (including phenoxy) is 2. The van der Waals surface area contributed by atoms with Crippen LogP contribution in [0.4, 0.5) is 0 Å². The summed E-state index contributed by atoms with van der Waals surface area (Å²) in [5.41, 5.74) is 3.36. The van der Waals surface area contributed by atoms with Crippen LogP contribution in [-0.2, 0) is 25.5 Å². The summed E-state index contributed by atoms with van der Waals surface area (Å²) in [7, 11) is 1.35. The SMILES string of the molecule is COC(=O)CCc1c(C)nn(-c2ccc(C(=O)OC/C(O)=C(\C(C)=N)C(C)=O)cc2)c1C. The number of aliphatic hydroxyl groups excluding tert-OH is 1. The number of carbonyl (C=O) groups excluding carboxylic acids is 3. The Morgan fingerprint density at radius 3 is 2.28 bits per heavy atom. The first kappa shape index (κ1) is 24.5. The Morgan fingerprint density at radius 2 is 1.75 bits per heavy atom. The van der Waals surface area contributed by atoms with Gasteiger partial charge in [-0.3, -0.25) is 9.59 Å². The maximum absolute atomic E-state index is 12.3. The second-order valence-corrected chi connectivity index (χ2v) is 7.26. The summed E-state index contributed by atoms with van der Waals surface area (Å²) in [6, 6.07) is 6.55. The molecule has 1 aromatic carbocycles. The molecule has 0 saturated carbocycles. The number of hydrogen-bond acceptors (Lipinski definition) is 8. The average molecular weight is 441 g/mol. The largest absolute Gasteiger partial charge is 0.508 e. The molecular formula is C23H27N3O6. The quantitative estimate of drug-likeness (QED) is 0.264. The number of ketones is 1. The molecule has 9 nitrogen and oxygen atoms in total. The van der Waals surface area contributed by atoms with Crippen molar-refractivity contribution in [1.82, 2.24) is 9.78 Å². The highest BCUT2D eigenvalue weighted by molar-refractivity contribution is 6.19. The zero-order valence-electron chi connectivity index (χ0n) is 18.8. The third-order valence-electron chi connectivity index (χ3n) is 4.95. The minimum absolute atomic E-state index is 0.105. The lowest BCUT2D eigenvalue weighted by Gasteiger charge is -2.09. The highest BCUT2D eigenvalue weighted by atomic mass is 16.5. The monoisotopic (exact) mass is 441 g/mol. The van der Waals surface area contributed by atoms with E-state index in [9.17, 15) is 19.5 Å². The molecule has 0 aliphatic carbocycles. The molecule has 0 spiro atoms. The van der Waals surface area contributed by atoms with Crippen molar-refractivity contribution in [1.29, 1.82) is 5.41 Å². The van der Waals surface area contributed by atoms with Gasteiger partial charge >= 0.3 is 11.9 Å². The number of rotatable bonds is 9. The van der Waals surface area contributed by atoms with Gasteiger partial charge in [0, 0.05) is 17.8 Å². The van der Waals surface area contributed by atoms with Gasteiger partial charge in [0.25, 0.3) is 0 Å². The lowest BCUT2D eigenvalue weighted by atomic mass is 10.1. The van der Waals surface area contributed by atoms with Gasteiger partial charge in [-0.25, -0.2) is 9.48 Å². The van der Waals surface area contributed by atoms with E-state index in [0.717, 1.165) is 22.6 Å². The predicted octanol–water partition coefficient (Wildman–Crippen LogP) is 3.19. The van der Waals surface area contributed by atoms with Crippen LogP contribution in [0.2, 0.25) is 0 Å². The number of Topliss-reactive ketones (excluding diaryl/α,β-unsaturated/α-hetero) is 1. The van der Waals surface area contributed by atoms with E-state index in [4.69, 9.17) is 14.9 Å². The summed E-state index contributed by atoms with van der Waals surface area (Å²) in [6.07, 6.45) is 0.780. The first-order valence-electron chi connectivity index (χ1n) is 9.94. The molecule has 0 bridgehead atoms. The molecule has 1 aromatic heterocycles. The van der Waals surface area contributed by atoms with Gasteiger partial charge in [-0.2, -0.15) is 5.10 Å². The number of allylic oxidation sites excluding steroid dienone is 1. The highest BCUT2D eigenvalue weighted by Crippen LogP contribution is 2.20. The summed E-state index contributed by atoms with van der Waals surface area (Å²) in [5.74, 6) is -1.91. The van der Waals surface area contributed by atoms with Gasteiger partial charge in [0.15, 0.2) is 5.78 Å². The molecule has 9 heteroatoms. The smallest absolute Gasteiger partial charge is 0.338 e. The Morgan fingerprint density at radius 1 is 1.12 bits per heavy atom. The van der Waals surface area contributed by atoms with Gasteiger partial charge in [-0.15, -0.1) is 0 Å². The zero-order valence-corrected chi connectivity index (χ0v) is 18.8. The molecule has 1 heterocycles. The Bertz CT molecular complexity index is 1060. The summed E-state index contributed by atoms with van der Waals surface area (Å²) >= 11 is 0. The van der Waals surface area contributed by atoms with E-state index in [0.29, 0.717) is 6.42 Å². The van der Waals surface area contributed by atoms with Gasteiger partial charge in [-0.05, 0) is 63.9 Å². The normalized spacial score (nSPS) is 11.5. The Kier molecular flexibility index (Phi) is 8.06. The van der Waals surface area contributed by atoms with Crippen LogP contribution in [0.15, 0.2) is 35.6 Å². The molecule has 0 radical (unpaired) electrons. The zero-order chi connectivity index (χ0) is 24.0. The fourth-order valence-corrected chi connectivity index (χ4v) is 3.33. The van der Waals surface area contributed by atoms with Gasteiger partial charge in [0.05, 0.1) is 29.6 Å². The van der Waals surface area contributed by atoms with Gasteiger partial charge < -0.3 is 20.0 Å². The molecule has 2 rings (SSSR count).